The largest absolute Gasteiger partial charge is 0.480 e. The summed E-state index contributed by atoms with van der Waals surface area (Å²) in [4.78, 5) is 22.3. The molecule has 1 aliphatic carbocycles. The van der Waals surface area contributed by atoms with E-state index in [2.05, 4.69) is 5.32 Å². The van der Waals surface area contributed by atoms with Crippen molar-refractivity contribution in [3.63, 3.8) is 0 Å². The quantitative estimate of drug-likeness (QED) is 0.805. The molecule has 1 aromatic carbocycles. The average Bonchev–Trinajstić information content (AvgIpc) is 2.59. The maximum atomic E-state index is 12.7. The molecule has 2 rings (SSSR count). The van der Waals surface area contributed by atoms with Gasteiger partial charge in [0, 0.05) is 18.7 Å². The van der Waals surface area contributed by atoms with Crippen LogP contribution in [0.5, 0.6) is 0 Å². The van der Waals surface area contributed by atoms with Crippen molar-refractivity contribution in [2.75, 3.05) is 13.6 Å². The number of carboxylic acid groups (broad SMARTS) is 1. The highest BCUT2D eigenvalue weighted by Crippen LogP contribution is 2.26. The van der Waals surface area contributed by atoms with Gasteiger partial charge >= 0.3 is 5.97 Å². The van der Waals surface area contributed by atoms with E-state index < -0.39 is 28.4 Å². The second kappa shape index (κ2) is 7.76. The van der Waals surface area contributed by atoms with Crippen LogP contribution >= 0.6 is 0 Å². The smallest absolute Gasteiger partial charge is 0.322 e. The van der Waals surface area contributed by atoms with Crippen LogP contribution in [-0.2, 0) is 14.8 Å². The van der Waals surface area contributed by atoms with Gasteiger partial charge in [-0.2, -0.15) is 4.31 Å². The monoisotopic (exact) mass is 354 g/mol. The molecule has 132 valence electrons. The van der Waals surface area contributed by atoms with Crippen molar-refractivity contribution in [3.05, 3.63) is 29.8 Å². The van der Waals surface area contributed by atoms with Gasteiger partial charge in [0.25, 0.3) is 5.91 Å². The molecule has 0 aliphatic heterocycles. The molecule has 0 bridgehead atoms. The van der Waals surface area contributed by atoms with Gasteiger partial charge in [-0.25, -0.2) is 8.42 Å². The predicted molar refractivity (Wildman–Crippen MR) is 88.2 cm³/mol. The van der Waals surface area contributed by atoms with Gasteiger partial charge in [-0.1, -0.05) is 19.3 Å². The molecule has 0 atom stereocenters. The SMILES string of the molecule is CN(C1CCCCC1)S(=O)(=O)c1ccc(C(=O)NCC(=O)O)cc1. The predicted octanol–water partition coefficient (Wildman–Crippen LogP) is 1.45. The Morgan fingerprint density at radius 3 is 2.29 bits per heavy atom. The van der Waals surface area contributed by atoms with E-state index in [1.54, 1.807) is 7.05 Å². The van der Waals surface area contributed by atoms with Crippen LogP contribution in [-0.4, -0.2) is 49.3 Å². The Hall–Kier alpha value is -1.93. The molecule has 1 fully saturated rings. The fourth-order valence-corrected chi connectivity index (χ4v) is 4.26. The van der Waals surface area contributed by atoms with Crippen LogP contribution in [0.4, 0.5) is 0 Å². The lowest BCUT2D eigenvalue weighted by molar-refractivity contribution is -0.135. The molecular formula is C16H22N2O5S. The summed E-state index contributed by atoms with van der Waals surface area (Å²) in [7, 11) is -2.00. The Balaban J connectivity index is 2.10. The molecule has 0 heterocycles. The highest BCUT2D eigenvalue weighted by Gasteiger charge is 2.29. The van der Waals surface area contributed by atoms with E-state index in [0.717, 1.165) is 32.1 Å². The molecule has 1 saturated carbocycles. The normalized spacial score (nSPS) is 16.1. The van der Waals surface area contributed by atoms with E-state index in [-0.39, 0.29) is 16.5 Å². The minimum Gasteiger partial charge on any atom is -0.480 e. The van der Waals surface area contributed by atoms with E-state index in [9.17, 15) is 18.0 Å². The Kier molecular flexibility index (Phi) is 5.95. The lowest BCUT2D eigenvalue weighted by atomic mass is 9.96. The van der Waals surface area contributed by atoms with Gasteiger partial charge in [0.15, 0.2) is 0 Å². The Morgan fingerprint density at radius 1 is 1.17 bits per heavy atom. The van der Waals surface area contributed by atoms with E-state index in [0.29, 0.717) is 0 Å². The Morgan fingerprint density at radius 2 is 1.75 bits per heavy atom. The van der Waals surface area contributed by atoms with Gasteiger partial charge in [-0.15, -0.1) is 0 Å². The van der Waals surface area contributed by atoms with Crippen molar-refractivity contribution in [2.24, 2.45) is 0 Å². The van der Waals surface area contributed by atoms with E-state index in [1.807, 2.05) is 0 Å². The second-order valence-electron chi connectivity index (χ2n) is 5.91. The number of carbonyl (C=O) groups is 2. The molecule has 7 nitrogen and oxygen atoms in total. The molecule has 2 N–H and O–H groups in total. The lowest BCUT2D eigenvalue weighted by Crippen LogP contribution is -2.38. The maximum absolute atomic E-state index is 12.7. The number of carboxylic acids is 1. The van der Waals surface area contributed by atoms with Crippen LogP contribution < -0.4 is 5.32 Å². The van der Waals surface area contributed by atoms with Gasteiger partial charge in [0.05, 0.1) is 4.90 Å². The summed E-state index contributed by atoms with van der Waals surface area (Å²) in [6.45, 7) is -0.483. The molecule has 0 unspecified atom stereocenters. The summed E-state index contributed by atoms with van der Waals surface area (Å²) < 4.78 is 26.8. The molecule has 0 aromatic heterocycles. The van der Waals surface area contributed by atoms with Crippen LogP contribution in [0, 0.1) is 0 Å². The molecule has 24 heavy (non-hydrogen) atoms. The number of rotatable bonds is 6. The average molecular weight is 354 g/mol. The number of nitrogens with one attached hydrogen (secondary N) is 1. The van der Waals surface area contributed by atoms with Gasteiger partial charge in [0.1, 0.15) is 6.54 Å². The first kappa shape index (κ1) is 18.4. The summed E-state index contributed by atoms with van der Waals surface area (Å²) in [5.41, 5.74) is 0.218. The molecule has 0 saturated heterocycles. The van der Waals surface area contributed by atoms with E-state index in [4.69, 9.17) is 5.11 Å². The zero-order chi connectivity index (χ0) is 17.7. The molecule has 1 aliphatic rings. The number of aliphatic carboxylic acids is 1. The van der Waals surface area contributed by atoms with Crippen LogP contribution in [0.1, 0.15) is 42.5 Å². The summed E-state index contributed by atoms with van der Waals surface area (Å²) in [6, 6.07) is 5.55. The van der Waals surface area contributed by atoms with E-state index >= 15 is 0 Å². The zero-order valence-corrected chi connectivity index (χ0v) is 14.4. The van der Waals surface area contributed by atoms with Crippen LogP contribution in [0.3, 0.4) is 0 Å². The number of benzene rings is 1. The number of hydrogen-bond donors (Lipinski definition) is 2. The lowest BCUT2D eigenvalue weighted by Gasteiger charge is -2.30. The Bertz CT molecular complexity index is 694. The number of carbonyl (C=O) groups excluding carboxylic acids is 1. The summed E-state index contributed by atoms with van der Waals surface area (Å²) in [5.74, 6) is -1.70. The van der Waals surface area contributed by atoms with Crippen LogP contribution in [0.25, 0.3) is 0 Å². The second-order valence-corrected chi connectivity index (χ2v) is 7.91. The third kappa shape index (κ3) is 4.33. The first-order chi connectivity index (χ1) is 11.3. The van der Waals surface area contributed by atoms with Crippen molar-refractivity contribution in [3.8, 4) is 0 Å². The Labute approximate surface area is 141 Å². The van der Waals surface area contributed by atoms with Crippen molar-refractivity contribution >= 4 is 21.9 Å². The third-order valence-electron chi connectivity index (χ3n) is 4.28. The van der Waals surface area contributed by atoms with Crippen molar-refractivity contribution in [2.45, 2.75) is 43.0 Å². The highest BCUT2D eigenvalue weighted by atomic mass is 32.2. The highest BCUT2D eigenvalue weighted by molar-refractivity contribution is 7.89. The number of hydrogen-bond acceptors (Lipinski definition) is 4. The zero-order valence-electron chi connectivity index (χ0n) is 13.6. The fraction of sp³-hybridized carbons (Fsp3) is 0.500. The summed E-state index contributed by atoms with van der Waals surface area (Å²) >= 11 is 0. The molecule has 1 amide bonds. The van der Waals surface area contributed by atoms with Gasteiger partial charge < -0.3 is 10.4 Å². The van der Waals surface area contributed by atoms with E-state index in [1.165, 1.54) is 28.6 Å². The van der Waals surface area contributed by atoms with Crippen molar-refractivity contribution in [1.29, 1.82) is 0 Å². The number of amides is 1. The summed E-state index contributed by atoms with van der Waals surface area (Å²) in [6.07, 6.45) is 4.95. The van der Waals surface area contributed by atoms with Gasteiger partial charge in [0.2, 0.25) is 10.0 Å². The fourth-order valence-electron chi connectivity index (χ4n) is 2.84. The first-order valence-corrected chi connectivity index (χ1v) is 9.34. The van der Waals surface area contributed by atoms with Crippen LogP contribution in [0.15, 0.2) is 29.2 Å². The first-order valence-electron chi connectivity index (χ1n) is 7.90. The summed E-state index contributed by atoms with van der Waals surface area (Å²) in [5, 5.41) is 10.8. The topological polar surface area (TPSA) is 104 Å². The molecule has 1 aromatic rings. The van der Waals surface area contributed by atoms with Crippen molar-refractivity contribution in [1.82, 2.24) is 9.62 Å². The molecule has 8 heteroatoms. The third-order valence-corrected chi connectivity index (χ3v) is 6.21. The minimum absolute atomic E-state index is 0.0160. The molecule has 0 spiro atoms. The minimum atomic E-state index is -3.60. The number of sulfonamides is 1. The van der Waals surface area contributed by atoms with Crippen molar-refractivity contribution < 1.29 is 23.1 Å². The van der Waals surface area contributed by atoms with Crippen LogP contribution in [0.2, 0.25) is 0 Å². The van der Waals surface area contributed by atoms with Gasteiger partial charge in [-0.3, -0.25) is 9.59 Å². The maximum Gasteiger partial charge on any atom is 0.322 e. The van der Waals surface area contributed by atoms with Gasteiger partial charge in [-0.05, 0) is 37.1 Å². The molecule has 0 radical (unpaired) electrons. The number of nitrogens with zero attached hydrogens (tertiary/aromatic N) is 1. The molecular weight excluding hydrogens is 332 g/mol. The standard InChI is InChI=1S/C16H22N2O5S/c1-18(13-5-3-2-4-6-13)24(22,23)14-9-7-12(8-10-14)16(21)17-11-15(19)20/h7-10,13H,2-6,11H2,1H3,(H,17,21)(H,19,20).